The number of hydrogen-bond acceptors (Lipinski definition) is 7. The molecule has 2 saturated carbocycles. The summed E-state index contributed by atoms with van der Waals surface area (Å²) < 4.78 is 21.1. The van der Waals surface area contributed by atoms with Crippen molar-refractivity contribution in [3.8, 4) is 11.9 Å². The Kier molecular flexibility index (Phi) is 7.45. The van der Waals surface area contributed by atoms with Gasteiger partial charge in [0.1, 0.15) is 16.8 Å². The van der Waals surface area contributed by atoms with E-state index in [1.54, 1.807) is 37.3 Å². The van der Waals surface area contributed by atoms with Crippen molar-refractivity contribution in [2.24, 2.45) is 0 Å². The number of carbonyl (C=O) groups is 3. The van der Waals surface area contributed by atoms with Gasteiger partial charge in [-0.1, -0.05) is 41.4 Å². The van der Waals surface area contributed by atoms with Gasteiger partial charge in [0.25, 0.3) is 11.8 Å². The van der Waals surface area contributed by atoms with Gasteiger partial charge in [-0.25, -0.2) is 19.3 Å². The molecule has 0 radical (unpaired) electrons. The van der Waals surface area contributed by atoms with E-state index < -0.39 is 34.2 Å². The van der Waals surface area contributed by atoms with Gasteiger partial charge < -0.3 is 15.4 Å². The Morgan fingerprint density at radius 3 is 2.35 bits per heavy atom. The van der Waals surface area contributed by atoms with Crippen molar-refractivity contribution in [2.75, 3.05) is 12.0 Å². The highest BCUT2D eigenvalue weighted by Crippen LogP contribution is 2.48. The average molecular weight is 689 g/mol. The van der Waals surface area contributed by atoms with Crippen LogP contribution in [0.25, 0.3) is 0 Å². The molecule has 3 amide bonds. The number of benzene rings is 2. The SMILES string of the molecule is COc1cccc(C2(NC(=O)C3(NC(=O)c4cnc5n4[C@](C)(Cc4ccc(C#N)cc4)C(=O)N5c4cc(Cl)c(F)c(Cl)c4)CC3)CC2)n1. The van der Waals surface area contributed by atoms with Gasteiger partial charge in [-0.3, -0.25) is 19.0 Å². The van der Waals surface area contributed by atoms with Crippen molar-refractivity contribution in [1.29, 1.82) is 5.26 Å². The number of aromatic nitrogens is 3. The number of imidazole rings is 1. The minimum atomic E-state index is -1.41. The molecule has 2 N–H and O–H groups in total. The molecule has 2 aromatic carbocycles. The summed E-state index contributed by atoms with van der Waals surface area (Å²) >= 11 is 12.2. The molecule has 3 heterocycles. The van der Waals surface area contributed by atoms with Crippen molar-refractivity contribution < 1.29 is 23.5 Å². The van der Waals surface area contributed by atoms with Gasteiger partial charge >= 0.3 is 0 Å². The van der Waals surface area contributed by atoms with E-state index in [9.17, 15) is 24.0 Å². The van der Waals surface area contributed by atoms with Gasteiger partial charge in [-0.2, -0.15) is 5.26 Å². The molecule has 3 aliphatic rings. The van der Waals surface area contributed by atoms with Crippen molar-refractivity contribution in [1.82, 2.24) is 25.2 Å². The number of amides is 3. The van der Waals surface area contributed by atoms with E-state index in [-0.39, 0.29) is 39.7 Å². The van der Waals surface area contributed by atoms with Gasteiger partial charge in [0.2, 0.25) is 17.7 Å². The van der Waals surface area contributed by atoms with Crippen LogP contribution in [0, 0.1) is 17.1 Å². The summed E-state index contributed by atoms with van der Waals surface area (Å²) in [6.07, 6.45) is 3.69. The first kappa shape index (κ1) is 31.6. The van der Waals surface area contributed by atoms with E-state index in [1.165, 1.54) is 34.9 Å². The fourth-order valence-electron chi connectivity index (χ4n) is 6.24. The second kappa shape index (κ2) is 11.3. The van der Waals surface area contributed by atoms with Gasteiger partial charge in [-0.15, -0.1) is 0 Å². The number of ether oxygens (including phenoxy) is 1. The number of nitrogens with one attached hydrogen (secondary N) is 2. The third-order valence-corrected chi connectivity index (χ3v) is 9.80. The molecular weight excluding hydrogens is 660 g/mol. The van der Waals surface area contributed by atoms with Gasteiger partial charge in [0.15, 0.2) is 5.82 Å². The number of fused-ring (bicyclic) bond motifs is 1. The monoisotopic (exact) mass is 687 g/mol. The van der Waals surface area contributed by atoms with Crippen LogP contribution < -0.4 is 20.3 Å². The molecule has 0 bridgehead atoms. The van der Waals surface area contributed by atoms with E-state index in [1.807, 2.05) is 12.1 Å². The lowest BCUT2D eigenvalue weighted by Crippen LogP contribution is -2.52. The average Bonchev–Trinajstić information content (AvgIpc) is 3.99. The molecule has 244 valence electrons. The molecule has 11 nitrogen and oxygen atoms in total. The molecule has 0 saturated heterocycles. The van der Waals surface area contributed by atoms with Gasteiger partial charge in [-0.05, 0) is 68.5 Å². The molecule has 7 rings (SSSR count). The first-order valence-corrected chi connectivity index (χ1v) is 15.9. The normalized spacial score (nSPS) is 19.7. The maximum absolute atomic E-state index is 14.4. The maximum Gasteiger partial charge on any atom is 0.270 e. The second-order valence-electron chi connectivity index (χ2n) is 12.5. The number of anilines is 2. The largest absolute Gasteiger partial charge is 0.481 e. The van der Waals surface area contributed by atoms with Crippen molar-refractivity contribution in [3.63, 3.8) is 0 Å². The van der Waals surface area contributed by atoms with E-state index in [2.05, 4.69) is 26.7 Å². The number of halogens is 3. The summed E-state index contributed by atoms with van der Waals surface area (Å²) in [6.45, 7) is 1.67. The number of carbonyl (C=O) groups excluding carboxylic acids is 3. The molecule has 48 heavy (non-hydrogen) atoms. The van der Waals surface area contributed by atoms with E-state index in [0.717, 1.165) is 0 Å². The minimum absolute atomic E-state index is 0.0472. The highest BCUT2D eigenvalue weighted by Gasteiger charge is 2.57. The highest BCUT2D eigenvalue weighted by atomic mass is 35.5. The maximum atomic E-state index is 14.4. The fraction of sp³-hybridized carbons (Fsp3) is 0.294. The van der Waals surface area contributed by atoms with Gasteiger partial charge in [0, 0.05) is 12.5 Å². The summed E-state index contributed by atoms with van der Waals surface area (Å²) in [5.74, 6) is -1.69. The van der Waals surface area contributed by atoms with Crippen molar-refractivity contribution in [2.45, 2.75) is 55.6 Å². The first-order valence-electron chi connectivity index (χ1n) is 15.2. The lowest BCUT2D eigenvalue weighted by Gasteiger charge is -2.27. The number of methoxy groups -OCH3 is 1. The molecular formula is C34H28Cl2FN7O4. The minimum Gasteiger partial charge on any atom is -0.481 e. The Hall–Kier alpha value is -4.99. The number of rotatable bonds is 9. The standard InChI is InChI=1S/C34H28Cl2FN7O4/c1-32(16-19-6-8-20(17-38)9-7-19)30(47)43(21-14-22(35)27(37)23(36)15-21)31-39-18-24(44(31)32)28(45)41-34(12-13-34)29(46)42-33(10-11-33)25-4-3-5-26(40-25)48-2/h3-9,14-15,18H,10-13,16H2,1-2H3,(H,41,45)(H,42,46)/t32-/m1/s1. The lowest BCUT2D eigenvalue weighted by atomic mass is 9.91. The van der Waals surface area contributed by atoms with E-state index in [4.69, 9.17) is 27.9 Å². The third-order valence-electron chi connectivity index (χ3n) is 9.25. The molecule has 2 aromatic heterocycles. The summed E-state index contributed by atoms with van der Waals surface area (Å²) in [5, 5.41) is 14.7. The van der Waals surface area contributed by atoms with Crippen LogP contribution in [-0.4, -0.2) is 44.9 Å². The quantitative estimate of drug-likeness (QED) is 0.227. The Bertz CT molecular complexity index is 2030. The lowest BCUT2D eigenvalue weighted by molar-refractivity contribution is -0.125. The number of hydrogen-bond donors (Lipinski definition) is 2. The summed E-state index contributed by atoms with van der Waals surface area (Å²) in [6, 6.07) is 16.7. The molecule has 0 unspecified atom stereocenters. The van der Waals surface area contributed by atoms with Crippen molar-refractivity contribution >= 4 is 52.6 Å². The predicted octanol–water partition coefficient (Wildman–Crippen LogP) is 5.31. The fourth-order valence-corrected chi connectivity index (χ4v) is 6.72. The predicted molar refractivity (Wildman–Crippen MR) is 174 cm³/mol. The van der Waals surface area contributed by atoms with Crippen molar-refractivity contribution in [3.05, 3.63) is 99.2 Å². The Balaban J connectivity index is 1.21. The Morgan fingerprint density at radius 2 is 1.75 bits per heavy atom. The van der Waals surface area contributed by atoms with Crippen LogP contribution in [-0.2, 0) is 27.1 Å². The highest BCUT2D eigenvalue weighted by molar-refractivity contribution is 6.35. The molecule has 0 spiro atoms. The van der Waals surface area contributed by atoms with Crippen LogP contribution in [0.3, 0.4) is 0 Å². The number of nitriles is 1. The number of nitrogens with zero attached hydrogens (tertiary/aromatic N) is 5. The van der Waals surface area contributed by atoms with Crippen LogP contribution in [0.2, 0.25) is 10.0 Å². The molecule has 1 atom stereocenters. The summed E-state index contributed by atoms with van der Waals surface area (Å²) in [5.41, 5.74) is -1.14. The van der Waals surface area contributed by atoms with Crippen LogP contribution in [0.4, 0.5) is 16.0 Å². The first-order chi connectivity index (χ1) is 22.9. The zero-order valence-electron chi connectivity index (χ0n) is 25.8. The smallest absolute Gasteiger partial charge is 0.270 e. The zero-order chi connectivity index (χ0) is 34.0. The molecule has 1 aliphatic heterocycles. The molecule has 4 aromatic rings. The zero-order valence-corrected chi connectivity index (χ0v) is 27.3. The van der Waals surface area contributed by atoms with Crippen LogP contribution in [0.5, 0.6) is 5.88 Å². The Morgan fingerprint density at radius 1 is 1.06 bits per heavy atom. The molecule has 2 fully saturated rings. The Labute approximate surface area is 284 Å². The van der Waals surface area contributed by atoms with Crippen LogP contribution in [0.15, 0.2) is 60.8 Å². The summed E-state index contributed by atoms with van der Waals surface area (Å²) in [7, 11) is 1.53. The van der Waals surface area contributed by atoms with E-state index in [0.29, 0.717) is 48.4 Å². The molecule has 14 heteroatoms. The van der Waals surface area contributed by atoms with E-state index >= 15 is 0 Å². The topological polar surface area (TPSA) is 142 Å². The summed E-state index contributed by atoms with van der Waals surface area (Å²) in [4.78, 5) is 52.3. The van der Waals surface area contributed by atoms with Gasteiger partial charge in [0.05, 0.1) is 51.9 Å². The molecule has 2 aliphatic carbocycles. The number of pyridine rings is 1. The van der Waals surface area contributed by atoms with Crippen LogP contribution in [0.1, 0.15) is 59.9 Å². The van der Waals surface area contributed by atoms with Crippen LogP contribution >= 0.6 is 23.2 Å². The third kappa shape index (κ3) is 5.14. The second-order valence-corrected chi connectivity index (χ2v) is 13.4.